The summed E-state index contributed by atoms with van der Waals surface area (Å²) in [5.41, 5.74) is 0.994. The summed E-state index contributed by atoms with van der Waals surface area (Å²) in [5.74, 6) is -0.329. The van der Waals surface area contributed by atoms with Crippen molar-refractivity contribution < 1.29 is 4.39 Å². The van der Waals surface area contributed by atoms with Crippen LogP contribution in [0.4, 0.5) is 4.39 Å². The Morgan fingerprint density at radius 3 is 2.61 bits per heavy atom. The molecule has 0 saturated carbocycles. The van der Waals surface area contributed by atoms with Crippen molar-refractivity contribution >= 4 is 11.6 Å². The van der Waals surface area contributed by atoms with Crippen LogP contribution in [0.3, 0.4) is 0 Å². The molecule has 0 heterocycles. The molecule has 1 atom stereocenters. The summed E-state index contributed by atoms with van der Waals surface area (Å²) in [5, 5.41) is 3.72. The van der Waals surface area contributed by atoms with Gasteiger partial charge in [-0.25, -0.2) is 4.39 Å². The molecule has 0 aliphatic rings. The molecule has 0 bridgehead atoms. The fourth-order valence-corrected chi connectivity index (χ4v) is 2.10. The molecule has 0 aliphatic carbocycles. The molecule has 1 rings (SSSR count). The highest BCUT2D eigenvalue weighted by atomic mass is 35.5. The average Bonchev–Trinajstić information content (AvgIpc) is 2.33. The van der Waals surface area contributed by atoms with Crippen LogP contribution in [0.25, 0.3) is 0 Å². The van der Waals surface area contributed by atoms with Crippen LogP contribution in [0.5, 0.6) is 0 Å². The number of hydrogen-bond donors (Lipinski definition) is 1. The lowest BCUT2D eigenvalue weighted by Crippen LogP contribution is -2.36. The zero-order valence-electron chi connectivity index (χ0n) is 11.7. The summed E-state index contributed by atoms with van der Waals surface area (Å²) in [6.07, 6.45) is 1.82. The molecule has 0 amide bonds. The summed E-state index contributed by atoms with van der Waals surface area (Å²) in [4.78, 5) is 0. The van der Waals surface area contributed by atoms with Crippen molar-refractivity contribution in [3.63, 3.8) is 0 Å². The summed E-state index contributed by atoms with van der Waals surface area (Å²) in [6, 6.07) is 5.50. The molecule has 3 heteroatoms. The Morgan fingerprint density at radius 2 is 2.06 bits per heavy atom. The van der Waals surface area contributed by atoms with Gasteiger partial charge in [-0.05, 0) is 29.9 Å². The Kier molecular flexibility index (Phi) is 5.61. The summed E-state index contributed by atoms with van der Waals surface area (Å²) in [7, 11) is 0. The van der Waals surface area contributed by atoms with Crippen LogP contribution in [-0.4, -0.2) is 12.6 Å². The first-order valence-electron chi connectivity index (χ1n) is 6.54. The fourth-order valence-electron chi connectivity index (χ4n) is 1.91. The molecule has 0 saturated heterocycles. The number of benzene rings is 1. The molecule has 1 unspecified atom stereocenters. The van der Waals surface area contributed by atoms with Gasteiger partial charge in [-0.15, -0.1) is 0 Å². The first-order valence-corrected chi connectivity index (χ1v) is 6.92. The lowest BCUT2D eigenvalue weighted by molar-refractivity contribution is 0.281. The molecule has 1 N–H and O–H groups in total. The SMILES string of the molecule is CCC(C)(CNC(C)C)Cc1cccc(F)c1Cl. The van der Waals surface area contributed by atoms with Gasteiger partial charge in [0.1, 0.15) is 5.82 Å². The van der Waals surface area contributed by atoms with Crippen LogP contribution in [0, 0.1) is 11.2 Å². The van der Waals surface area contributed by atoms with Crippen molar-refractivity contribution in [2.45, 2.75) is 46.6 Å². The molecule has 0 spiro atoms. The Balaban J connectivity index is 2.81. The van der Waals surface area contributed by atoms with Gasteiger partial charge in [-0.3, -0.25) is 0 Å². The third-order valence-corrected chi connectivity index (χ3v) is 3.86. The van der Waals surface area contributed by atoms with E-state index in [2.05, 4.69) is 33.0 Å². The molecular formula is C15H23ClFN. The molecule has 1 aromatic rings. The van der Waals surface area contributed by atoms with Crippen molar-refractivity contribution in [1.82, 2.24) is 5.32 Å². The highest BCUT2D eigenvalue weighted by molar-refractivity contribution is 6.31. The summed E-state index contributed by atoms with van der Waals surface area (Å²) < 4.78 is 13.4. The molecular weight excluding hydrogens is 249 g/mol. The Hall–Kier alpha value is -0.600. The van der Waals surface area contributed by atoms with E-state index < -0.39 is 0 Å². The zero-order chi connectivity index (χ0) is 13.8. The monoisotopic (exact) mass is 271 g/mol. The molecule has 0 radical (unpaired) electrons. The molecule has 18 heavy (non-hydrogen) atoms. The van der Waals surface area contributed by atoms with E-state index in [0.29, 0.717) is 6.04 Å². The number of nitrogens with one attached hydrogen (secondary N) is 1. The van der Waals surface area contributed by atoms with Crippen LogP contribution < -0.4 is 5.32 Å². The summed E-state index contributed by atoms with van der Waals surface area (Å²) in [6.45, 7) is 9.54. The Morgan fingerprint density at radius 1 is 1.39 bits per heavy atom. The molecule has 0 aliphatic heterocycles. The van der Waals surface area contributed by atoms with Crippen molar-refractivity contribution in [3.05, 3.63) is 34.6 Å². The van der Waals surface area contributed by atoms with E-state index >= 15 is 0 Å². The third kappa shape index (κ3) is 4.25. The van der Waals surface area contributed by atoms with Crippen molar-refractivity contribution in [2.24, 2.45) is 5.41 Å². The van der Waals surface area contributed by atoms with Crippen LogP contribution in [0.2, 0.25) is 5.02 Å². The van der Waals surface area contributed by atoms with E-state index in [4.69, 9.17) is 11.6 Å². The lowest BCUT2D eigenvalue weighted by Gasteiger charge is -2.30. The van der Waals surface area contributed by atoms with Crippen LogP contribution in [-0.2, 0) is 6.42 Å². The Labute approximate surface area is 115 Å². The average molecular weight is 272 g/mol. The standard InChI is InChI=1S/C15H23ClFN/c1-5-15(4,10-18-11(2)3)9-12-7-6-8-13(17)14(12)16/h6-8,11,18H,5,9-10H2,1-4H3. The predicted molar refractivity (Wildman–Crippen MR) is 76.7 cm³/mol. The Bertz CT molecular complexity index is 392. The van der Waals surface area contributed by atoms with Gasteiger partial charge in [0, 0.05) is 12.6 Å². The van der Waals surface area contributed by atoms with Gasteiger partial charge in [-0.1, -0.05) is 51.4 Å². The van der Waals surface area contributed by atoms with Crippen molar-refractivity contribution in [3.8, 4) is 0 Å². The van der Waals surface area contributed by atoms with E-state index in [-0.39, 0.29) is 16.3 Å². The maximum absolute atomic E-state index is 13.4. The maximum Gasteiger partial charge on any atom is 0.142 e. The van der Waals surface area contributed by atoms with Crippen molar-refractivity contribution in [2.75, 3.05) is 6.54 Å². The number of rotatable bonds is 6. The van der Waals surface area contributed by atoms with Gasteiger partial charge in [-0.2, -0.15) is 0 Å². The second-order valence-electron chi connectivity index (χ2n) is 5.59. The molecule has 0 aromatic heterocycles. The minimum atomic E-state index is -0.329. The van der Waals surface area contributed by atoms with Gasteiger partial charge in [0.05, 0.1) is 5.02 Å². The van der Waals surface area contributed by atoms with Gasteiger partial charge >= 0.3 is 0 Å². The van der Waals surface area contributed by atoms with Gasteiger partial charge in [0.15, 0.2) is 0 Å². The second kappa shape index (κ2) is 6.53. The van der Waals surface area contributed by atoms with E-state index in [1.807, 2.05) is 6.07 Å². The predicted octanol–water partition coefficient (Wildman–Crippen LogP) is 4.44. The van der Waals surface area contributed by atoms with Crippen LogP contribution in [0.15, 0.2) is 18.2 Å². The van der Waals surface area contributed by atoms with E-state index in [0.717, 1.165) is 24.9 Å². The molecule has 1 aromatic carbocycles. The lowest BCUT2D eigenvalue weighted by atomic mass is 9.81. The first-order chi connectivity index (χ1) is 8.38. The zero-order valence-corrected chi connectivity index (χ0v) is 12.4. The highest BCUT2D eigenvalue weighted by Gasteiger charge is 2.24. The largest absolute Gasteiger partial charge is 0.314 e. The molecule has 102 valence electrons. The third-order valence-electron chi connectivity index (χ3n) is 3.44. The molecule has 0 fully saturated rings. The quantitative estimate of drug-likeness (QED) is 0.807. The topological polar surface area (TPSA) is 12.0 Å². The minimum Gasteiger partial charge on any atom is -0.314 e. The van der Waals surface area contributed by atoms with Crippen LogP contribution >= 0.6 is 11.6 Å². The van der Waals surface area contributed by atoms with Gasteiger partial charge < -0.3 is 5.32 Å². The maximum atomic E-state index is 13.4. The van der Waals surface area contributed by atoms with Crippen molar-refractivity contribution in [1.29, 1.82) is 0 Å². The smallest absolute Gasteiger partial charge is 0.142 e. The van der Waals surface area contributed by atoms with Gasteiger partial charge in [0.2, 0.25) is 0 Å². The van der Waals surface area contributed by atoms with Crippen LogP contribution in [0.1, 0.15) is 39.7 Å². The second-order valence-corrected chi connectivity index (χ2v) is 5.97. The number of hydrogen-bond acceptors (Lipinski definition) is 1. The van der Waals surface area contributed by atoms with E-state index in [1.54, 1.807) is 6.07 Å². The fraction of sp³-hybridized carbons (Fsp3) is 0.600. The highest BCUT2D eigenvalue weighted by Crippen LogP contribution is 2.30. The molecule has 1 nitrogen and oxygen atoms in total. The van der Waals surface area contributed by atoms with Gasteiger partial charge in [0.25, 0.3) is 0 Å². The van der Waals surface area contributed by atoms with E-state index in [1.165, 1.54) is 6.07 Å². The normalized spacial score (nSPS) is 14.8. The summed E-state index contributed by atoms with van der Waals surface area (Å²) >= 11 is 6.02. The minimum absolute atomic E-state index is 0.0989. The number of halogens is 2. The van der Waals surface area contributed by atoms with E-state index in [9.17, 15) is 4.39 Å². The first kappa shape index (κ1) is 15.5.